The first-order valence-corrected chi connectivity index (χ1v) is 7.66. The van der Waals surface area contributed by atoms with Crippen LogP contribution in [0.2, 0.25) is 0 Å². The molecule has 2 amide bonds. The molecular formula is C18H18FN3O2. The lowest BCUT2D eigenvalue weighted by Gasteiger charge is -2.25. The fraction of sp³-hybridized carbons (Fsp3) is 0.222. The number of fused-ring (bicyclic) bond motifs is 1. The van der Waals surface area contributed by atoms with Crippen molar-refractivity contribution in [2.45, 2.75) is 19.5 Å². The van der Waals surface area contributed by atoms with Crippen molar-refractivity contribution in [3.8, 4) is 0 Å². The molecule has 2 aromatic carbocycles. The summed E-state index contributed by atoms with van der Waals surface area (Å²) in [5.74, 6) is -0.773. The molecular weight excluding hydrogens is 309 g/mol. The SMILES string of the molecule is CC(=O)N1CC(N)C(=O)N(Cc2ccc(F)cc2)c2ccccc21. The van der Waals surface area contributed by atoms with Crippen LogP contribution in [-0.2, 0) is 16.1 Å². The van der Waals surface area contributed by atoms with Crippen LogP contribution in [0.15, 0.2) is 48.5 Å². The molecule has 5 nitrogen and oxygen atoms in total. The molecule has 0 spiro atoms. The largest absolute Gasteiger partial charge is 0.318 e. The molecule has 0 aromatic heterocycles. The Morgan fingerprint density at radius 1 is 1.17 bits per heavy atom. The summed E-state index contributed by atoms with van der Waals surface area (Å²) in [6.07, 6.45) is 0. The first kappa shape index (κ1) is 16.1. The van der Waals surface area contributed by atoms with Crippen LogP contribution in [0.3, 0.4) is 0 Å². The van der Waals surface area contributed by atoms with Crippen LogP contribution in [0, 0.1) is 5.82 Å². The first-order valence-electron chi connectivity index (χ1n) is 7.66. The predicted octanol–water partition coefficient (Wildman–Crippen LogP) is 2.05. The number of hydrogen-bond acceptors (Lipinski definition) is 3. The molecule has 1 aliphatic rings. The highest BCUT2D eigenvalue weighted by Crippen LogP contribution is 2.33. The molecule has 24 heavy (non-hydrogen) atoms. The summed E-state index contributed by atoms with van der Waals surface area (Å²) < 4.78 is 13.1. The molecule has 6 heteroatoms. The fourth-order valence-electron chi connectivity index (χ4n) is 2.85. The highest BCUT2D eigenvalue weighted by Gasteiger charge is 2.32. The maximum Gasteiger partial charge on any atom is 0.246 e. The van der Waals surface area contributed by atoms with Crippen LogP contribution in [0.25, 0.3) is 0 Å². The van der Waals surface area contributed by atoms with Gasteiger partial charge in [0.05, 0.1) is 24.5 Å². The van der Waals surface area contributed by atoms with Gasteiger partial charge in [0.1, 0.15) is 11.9 Å². The van der Waals surface area contributed by atoms with Gasteiger partial charge < -0.3 is 15.5 Å². The molecule has 1 heterocycles. The number of nitrogens with zero attached hydrogens (tertiary/aromatic N) is 2. The van der Waals surface area contributed by atoms with E-state index >= 15 is 0 Å². The molecule has 2 aromatic rings. The van der Waals surface area contributed by atoms with Crippen molar-refractivity contribution < 1.29 is 14.0 Å². The number of halogens is 1. The van der Waals surface area contributed by atoms with E-state index in [9.17, 15) is 14.0 Å². The number of amides is 2. The molecule has 0 aliphatic carbocycles. The van der Waals surface area contributed by atoms with Crippen molar-refractivity contribution in [3.63, 3.8) is 0 Å². The van der Waals surface area contributed by atoms with Gasteiger partial charge in [0.15, 0.2) is 0 Å². The third-order valence-electron chi connectivity index (χ3n) is 4.06. The highest BCUT2D eigenvalue weighted by molar-refractivity contribution is 6.06. The van der Waals surface area contributed by atoms with Crippen molar-refractivity contribution in [1.29, 1.82) is 0 Å². The van der Waals surface area contributed by atoms with Crippen LogP contribution < -0.4 is 15.5 Å². The van der Waals surface area contributed by atoms with Gasteiger partial charge in [-0.05, 0) is 29.8 Å². The fourth-order valence-corrected chi connectivity index (χ4v) is 2.85. The number of benzene rings is 2. The quantitative estimate of drug-likeness (QED) is 0.918. The molecule has 0 bridgehead atoms. The topological polar surface area (TPSA) is 66.6 Å². The van der Waals surface area contributed by atoms with Gasteiger partial charge in [-0.3, -0.25) is 9.59 Å². The van der Waals surface area contributed by atoms with Crippen LogP contribution >= 0.6 is 0 Å². The van der Waals surface area contributed by atoms with E-state index in [1.165, 1.54) is 24.0 Å². The van der Waals surface area contributed by atoms with Gasteiger partial charge in [-0.1, -0.05) is 24.3 Å². The van der Waals surface area contributed by atoms with Gasteiger partial charge in [0.25, 0.3) is 0 Å². The Hall–Kier alpha value is -2.73. The summed E-state index contributed by atoms with van der Waals surface area (Å²) in [7, 11) is 0. The second kappa shape index (κ2) is 6.41. The number of anilines is 2. The van der Waals surface area contributed by atoms with Crippen molar-refractivity contribution in [1.82, 2.24) is 0 Å². The van der Waals surface area contributed by atoms with Gasteiger partial charge in [-0.15, -0.1) is 0 Å². The average Bonchev–Trinajstić information content (AvgIpc) is 2.67. The molecule has 1 aliphatic heterocycles. The Kier molecular flexibility index (Phi) is 4.31. The number of rotatable bonds is 2. The Morgan fingerprint density at radius 3 is 2.42 bits per heavy atom. The van der Waals surface area contributed by atoms with Crippen molar-refractivity contribution in [2.75, 3.05) is 16.3 Å². The molecule has 2 N–H and O–H groups in total. The standard InChI is InChI=1S/C18H18FN3O2/c1-12(23)21-11-15(20)18(24)22(17-5-3-2-4-16(17)21)10-13-6-8-14(19)9-7-13/h2-9,15H,10-11,20H2,1H3. The zero-order chi connectivity index (χ0) is 17.3. The van der Waals surface area contributed by atoms with Gasteiger partial charge in [-0.25, -0.2) is 4.39 Å². The van der Waals surface area contributed by atoms with Gasteiger partial charge in [0.2, 0.25) is 11.8 Å². The van der Waals surface area contributed by atoms with E-state index < -0.39 is 6.04 Å². The van der Waals surface area contributed by atoms with Crippen molar-refractivity contribution in [2.24, 2.45) is 5.73 Å². The van der Waals surface area contributed by atoms with Gasteiger partial charge in [0, 0.05) is 6.92 Å². The molecule has 3 rings (SSSR count). The normalized spacial score (nSPS) is 17.5. The number of carbonyl (C=O) groups is 2. The second-order valence-electron chi connectivity index (χ2n) is 5.78. The van der Waals surface area contributed by atoms with E-state index in [1.54, 1.807) is 35.2 Å². The lowest BCUT2D eigenvalue weighted by molar-refractivity contribution is -0.119. The Labute approximate surface area is 139 Å². The van der Waals surface area contributed by atoms with E-state index in [1.807, 2.05) is 6.07 Å². The number of nitrogens with two attached hydrogens (primary N) is 1. The summed E-state index contributed by atoms with van der Waals surface area (Å²) in [5, 5.41) is 0. The molecule has 124 valence electrons. The molecule has 1 atom stereocenters. The van der Waals surface area contributed by atoms with E-state index in [0.717, 1.165) is 5.56 Å². The summed E-state index contributed by atoms with van der Waals surface area (Å²) in [6, 6.07) is 12.3. The second-order valence-corrected chi connectivity index (χ2v) is 5.78. The lowest BCUT2D eigenvalue weighted by atomic mass is 10.1. The van der Waals surface area contributed by atoms with Crippen LogP contribution in [0.1, 0.15) is 12.5 Å². The lowest BCUT2D eigenvalue weighted by Crippen LogP contribution is -2.47. The number of hydrogen-bond donors (Lipinski definition) is 1. The molecule has 0 radical (unpaired) electrons. The van der Waals surface area contributed by atoms with Crippen molar-refractivity contribution in [3.05, 3.63) is 59.9 Å². The molecule has 0 saturated carbocycles. The summed E-state index contributed by atoms with van der Waals surface area (Å²) >= 11 is 0. The van der Waals surface area contributed by atoms with Crippen LogP contribution in [0.5, 0.6) is 0 Å². The Morgan fingerprint density at radius 2 is 1.79 bits per heavy atom. The molecule has 1 unspecified atom stereocenters. The van der Waals surface area contributed by atoms with Crippen LogP contribution in [-0.4, -0.2) is 24.4 Å². The first-order chi connectivity index (χ1) is 11.5. The zero-order valence-corrected chi connectivity index (χ0v) is 13.3. The number of para-hydroxylation sites is 2. The summed E-state index contributed by atoms with van der Waals surface area (Å²) in [4.78, 5) is 27.8. The highest BCUT2D eigenvalue weighted by atomic mass is 19.1. The van der Waals surface area contributed by atoms with Crippen LogP contribution in [0.4, 0.5) is 15.8 Å². The Bertz CT molecular complexity index is 776. The summed E-state index contributed by atoms with van der Waals surface area (Å²) in [5.41, 5.74) is 8.06. The molecule has 0 fully saturated rings. The maximum absolute atomic E-state index is 13.1. The zero-order valence-electron chi connectivity index (χ0n) is 13.3. The monoisotopic (exact) mass is 327 g/mol. The number of carbonyl (C=O) groups excluding carboxylic acids is 2. The third kappa shape index (κ3) is 3.00. The van der Waals surface area contributed by atoms with E-state index in [-0.39, 0.29) is 30.7 Å². The molecule has 0 saturated heterocycles. The maximum atomic E-state index is 13.1. The van der Waals surface area contributed by atoms with Gasteiger partial charge >= 0.3 is 0 Å². The summed E-state index contributed by atoms with van der Waals surface area (Å²) in [6.45, 7) is 1.84. The minimum absolute atomic E-state index is 0.130. The Balaban J connectivity index is 2.05. The van der Waals surface area contributed by atoms with Gasteiger partial charge in [-0.2, -0.15) is 0 Å². The minimum Gasteiger partial charge on any atom is -0.318 e. The van der Waals surface area contributed by atoms with E-state index in [0.29, 0.717) is 11.4 Å². The van der Waals surface area contributed by atoms with E-state index in [2.05, 4.69) is 0 Å². The third-order valence-corrected chi connectivity index (χ3v) is 4.06. The minimum atomic E-state index is -0.818. The smallest absolute Gasteiger partial charge is 0.246 e. The van der Waals surface area contributed by atoms with Crippen molar-refractivity contribution >= 4 is 23.2 Å². The average molecular weight is 327 g/mol. The predicted molar refractivity (Wildman–Crippen MR) is 90.0 cm³/mol. The van der Waals surface area contributed by atoms with E-state index in [4.69, 9.17) is 5.73 Å².